The van der Waals surface area contributed by atoms with Gasteiger partial charge in [0.2, 0.25) is 0 Å². The van der Waals surface area contributed by atoms with Gasteiger partial charge in [-0.1, -0.05) is 24.3 Å². The number of nitrogens with one attached hydrogen (secondary N) is 1. The lowest BCUT2D eigenvalue weighted by molar-refractivity contribution is -0.0167. The highest BCUT2D eigenvalue weighted by Gasteiger charge is 2.32. The van der Waals surface area contributed by atoms with Crippen LogP contribution in [0.4, 0.5) is 0 Å². The summed E-state index contributed by atoms with van der Waals surface area (Å²) in [4.78, 5) is 0. The van der Waals surface area contributed by atoms with Crippen molar-refractivity contribution in [2.45, 2.75) is 38.1 Å². The Bertz CT molecular complexity index is 440. The molecule has 1 atom stereocenters. The molecule has 3 heteroatoms. The maximum absolute atomic E-state index is 9.73. The van der Waals surface area contributed by atoms with E-state index in [0.29, 0.717) is 6.04 Å². The maximum Gasteiger partial charge on any atom is 0.0501 e. The summed E-state index contributed by atoms with van der Waals surface area (Å²) in [6.07, 6.45) is 5.44. The fourth-order valence-corrected chi connectivity index (χ4v) is 3.43. The molecule has 1 heterocycles. The van der Waals surface area contributed by atoms with Crippen molar-refractivity contribution in [3.63, 3.8) is 0 Å². The third-order valence-corrected chi connectivity index (χ3v) is 5.00. The Morgan fingerprint density at radius 1 is 1.20 bits per heavy atom. The number of aliphatic hydroxyl groups is 1. The standard InChI is InChI=1S/C17H25NO2/c19-13-17(7-9-20-10-8-17)12-18-16-6-5-14-3-1-2-4-15(14)11-16/h1-4,16,18-19H,5-13H2. The molecule has 2 aliphatic rings. The first-order valence-electron chi connectivity index (χ1n) is 7.80. The van der Waals surface area contributed by atoms with Crippen LogP contribution in [0.1, 0.15) is 30.4 Å². The van der Waals surface area contributed by atoms with Gasteiger partial charge in [-0.25, -0.2) is 0 Å². The Morgan fingerprint density at radius 3 is 2.70 bits per heavy atom. The van der Waals surface area contributed by atoms with Gasteiger partial charge in [-0.3, -0.25) is 0 Å². The summed E-state index contributed by atoms with van der Waals surface area (Å²) < 4.78 is 5.43. The van der Waals surface area contributed by atoms with E-state index in [1.807, 2.05) is 0 Å². The third-order valence-electron chi connectivity index (χ3n) is 5.00. The second-order valence-corrected chi connectivity index (χ2v) is 6.36. The molecule has 0 amide bonds. The van der Waals surface area contributed by atoms with Crippen molar-refractivity contribution in [3.05, 3.63) is 35.4 Å². The van der Waals surface area contributed by atoms with Gasteiger partial charge in [0.05, 0.1) is 6.61 Å². The first kappa shape index (κ1) is 14.1. The predicted octanol–water partition coefficient (Wildman–Crippen LogP) is 1.92. The van der Waals surface area contributed by atoms with Gasteiger partial charge < -0.3 is 15.2 Å². The molecule has 1 fully saturated rings. The molecule has 20 heavy (non-hydrogen) atoms. The lowest BCUT2D eigenvalue weighted by Crippen LogP contribution is -2.46. The Kier molecular flexibility index (Phi) is 4.39. The minimum absolute atomic E-state index is 0.0369. The lowest BCUT2D eigenvalue weighted by Gasteiger charge is -2.37. The van der Waals surface area contributed by atoms with Crippen molar-refractivity contribution < 1.29 is 9.84 Å². The second kappa shape index (κ2) is 6.25. The zero-order valence-corrected chi connectivity index (χ0v) is 12.1. The molecule has 0 spiro atoms. The molecule has 0 aromatic heterocycles. The summed E-state index contributed by atoms with van der Waals surface area (Å²) in [5.41, 5.74) is 3.03. The highest BCUT2D eigenvalue weighted by Crippen LogP contribution is 2.30. The number of hydrogen-bond acceptors (Lipinski definition) is 3. The van der Waals surface area contributed by atoms with Crippen LogP contribution in [-0.4, -0.2) is 37.5 Å². The highest BCUT2D eigenvalue weighted by atomic mass is 16.5. The van der Waals surface area contributed by atoms with E-state index in [9.17, 15) is 5.11 Å². The van der Waals surface area contributed by atoms with Crippen LogP contribution in [0, 0.1) is 5.41 Å². The molecule has 1 saturated heterocycles. The number of aliphatic hydroxyl groups excluding tert-OH is 1. The molecule has 1 aromatic rings. The van der Waals surface area contributed by atoms with Crippen LogP contribution in [0.5, 0.6) is 0 Å². The van der Waals surface area contributed by atoms with E-state index >= 15 is 0 Å². The van der Waals surface area contributed by atoms with Crippen molar-refractivity contribution in [2.24, 2.45) is 5.41 Å². The van der Waals surface area contributed by atoms with Crippen LogP contribution in [0.3, 0.4) is 0 Å². The zero-order valence-electron chi connectivity index (χ0n) is 12.1. The Labute approximate surface area is 121 Å². The summed E-state index contributed by atoms with van der Waals surface area (Å²) in [5.74, 6) is 0. The predicted molar refractivity (Wildman–Crippen MR) is 79.8 cm³/mol. The molecular weight excluding hydrogens is 250 g/mol. The van der Waals surface area contributed by atoms with Crippen molar-refractivity contribution >= 4 is 0 Å². The fraction of sp³-hybridized carbons (Fsp3) is 0.647. The van der Waals surface area contributed by atoms with Gasteiger partial charge in [-0.05, 0) is 43.2 Å². The number of ether oxygens (including phenoxy) is 1. The normalized spacial score (nSPS) is 25.1. The topological polar surface area (TPSA) is 41.5 Å². The average molecular weight is 275 g/mol. The lowest BCUT2D eigenvalue weighted by atomic mass is 9.80. The highest BCUT2D eigenvalue weighted by molar-refractivity contribution is 5.30. The number of benzene rings is 1. The summed E-state index contributed by atoms with van der Waals surface area (Å²) in [5, 5.41) is 13.4. The van der Waals surface area contributed by atoms with Crippen LogP contribution in [0.2, 0.25) is 0 Å². The van der Waals surface area contributed by atoms with Gasteiger partial charge in [0, 0.05) is 31.2 Å². The van der Waals surface area contributed by atoms with E-state index in [1.54, 1.807) is 0 Å². The quantitative estimate of drug-likeness (QED) is 0.882. The van der Waals surface area contributed by atoms with Gasteiger partial charge in [0.15, 0.2) is 0 Å². The van der Waals surface area contributed by atoms with Crippen LogP contribution >= 0.6 is 0 Å². The van der Waals surface area contributed by atoms with E-state index in [2.05, 4.69) is 29.6 Å². The molecule has 3 rings (SSSR count). The van der Waals surface area contributed by atoms with Gasteiger partial charge >= 0.3 is 0 Å². The first-order chi connectivity index (χ1) is 9.81. The molecule has 1 aliphatic heterocycles. The monoisotopic (exact) mass is 275 g/mol. The number of rotatable bonds is 4. The van der Waals surface area contributed by atoms with E-state index in [4.69, 9.17) is 4.74 Å². The number of hydrogen-bond donors (Lipinski definition) is 2. The molecule has 1 aliphatic carbocycles. The summed E-state index contributed by atoms with van der Waals surface area (Å²) in [6, 6.07) is 9.32. The number of fused-ring (bicyclic) bond motifs is 1. The van der Waals surface area contributed by atoms with Gasteiger partial charge in [-0.15, -0.1) is 0 Å². The van der Waals surface area contributed by atoms with Gasteiger partial charge in [-0.2, -0.15) is 0 Å². The largest absolute Gasteiger partial charge is 0.396 e. The minimum atomic E-state index is 0.0369. The summed E-state index contributed by atoms with van der Waals surface area (Å²) >= 11 is 0. The van der Waals surface area contributed by atoms with E-state index in [1.165, 1.54) is 24.0 Å². The van der Waals surface area contributed by atoms with Crippen molar-refractivity contribution in [1.29, 1.82) is 0 Å². The van der Waals surface area contributed by atoms with Crippen LogP contribution < -0.4 is 5.32 Å². The van der Waals surface area contributed by atoms with Crippen LogP contribution in [0.25, 0.3) is 0 Å². The Balaban J connectivity index is 1.57. The summed E-state index contributed by atoms with van der Waals surface area (Å²) in [7, 11) is 0. The number of aryl methyl sites for hydroxylation is 1. The third kappa shape index (κ3) is 3.05. The molecular formula is C17H25NO2. The molecule has 2 N–H and O–H groups in total. The molecule has 1 unspecified atom stereocenters. The van der Waals surface area contributed by atoms with E-state index in [0.717, 1.165) is 39.0 Å². The van der Waals surface area contributed by atoms with Crippen LogP contribution in [-0.2, 0) is 17.6 Å². The molecule has 3 nitrogen and oxygen atoms in total. The van der Waals surface area contributed by atoms with E-state index < -0.39 is 0 Å². The van der Waals surface area contributed by atoms with Gasteiger partial charge in [0.1, 0.15) is 0 Å². The molecule has 0 saturated carbocycles. The van der Waals surface area contributed by atoms with Crippen molar-refractivity contribution in [3.8, 4) is 0 Å². The molecule has 1 aromatic carbocycles. The fourth-order valence-electron chi connectivity index (χ4n) is 3.43. The second-order valence-electron chi connectivity index (χ2n) is 6.36. The minimum Gasteiger partial charge on any atom is -0.396 e. The maximum atomic E-state index is 9.73. The smallest absolute Gasteiger partial charge is 0.0501 e. The summed E-state index contributed by atoms with van der Waals surface area (Å²) in [6.45, 7) is 2.76. The average Bonchev–Trinajstić information content (AvgIpc) is 2.54. The van der Waals surface area contributed by atoms with Crippen molar-refractivity contribution in [2.75, 3.05) is 26.4 Å². The van der Waals surface area contributed by atoms with E-state index in [-0.39, 0.29) is 12.0 Å². The SMILES string of the molecule is OCC1(CNC2CCc3ccccc3C2)CCOCC1. The Morgan fingerprint density at radius 2 is 1.95 bits per heavy atom. The Hall–Kier alpha value is -0.900. The first-order valence-corrected chi connectivity index (χ1v) is 7.80. The van der Waals surface area contributed by atoms with Crippen LogP contribution in [0.15, 0.2) is 24.3 Å². The molecule has 0 radical (unpaired) electrons. The zero-order chi connectivity index (χ0) is 13.8. The molecule has 0 bridgehead atoms. The van der Waals surface area contributed by atoms with Gasteiger partial charge in [0.25, 0.3) is 0 Å². The molecule has 110 valence electrons. The van der Waals surface area contributed by atoms with Crippen molar-refractivity contribution in [1.82, 2.24) is 5.32 Å².